The van der Waals surface area contributed by atoms with Crippen molar-refractivity contribution < 1.29 is 0 Å². The van der Waals surface area contributed by atoms with E-state index in [0.717, 1.165) is 21.9 Å². The van der Waals surface area contributed by atoms with Crippen molar-refractivity contribution in [3.05, 3.63) is 200 Å². The molecule has 10 aromatic rings. The zero-order valence-corrected chi connectivity index (χ0v) is 32.5. The summed E-state index contributed by atoms with van der Waals surface area (Å²) in [7, 11) is -2.82. The molecule has 0 aliphatic carbocycles. The summed E-state index contributed by atoms with van der Waals surface area (Å²) in [4.78, 5) is 4.94. The Morgan fingerprint density at radius 3 is 1.78 bits per heavy atom. The quantitative estimate of drug-likeness (QED) is 0.124. The van der Waals surface area contributed by atoms with Crippen molar-refractivity contribution in [1.82, 2.24) is 9.55 Å². The van der Waals surface area contributed by atoms with Gasteiger partial charge in [0.1, 0.15) is 0 Å². The van der Waals surface area contributed by atoms with Gasteiger partial charge in [0.15, 0.2) is 13.2 Å². The molecular formula is C50H34N2S2Si. The SMILES string of the molecule is c1ccc([Si](c2ccccc2)(c2cccc(-c3ccc4c(c3)CSc3nc5ccccc5n3-4)c2)c2cccc(-c3ccc4sc5ccccc5c4c3)c2)cc1. The van der Waals surface area contributed by atoms with Gasteiger partial charge >= 0.3 is 0 Å². The van der Waals surface area contributed by atoms with E-state index in [0.29, 0.717) is 0 Å². The molecule has 0 bridgehead atoms. The third-order valence-corrected chi connectivity index (χ3v) is 18.1. The predicted octanol–water partition coefficient (Wildman–Crippen LogP) is 10.7. The number of hydrogen-bond acceptors (Lipinski definition) is 3. The van der Waals surface area contributed by atoms with Crippen LogP contribution in [-0.4, -0.2) is 17.6 Å². The van der Waals surface area contributed by atoms with Crippen LogP contribution in [0.4, 0.5) is 0 Å². The van der Waals surface area contributed by atoms with Crippen LogP contribution >= 0.6 is 23.1 Å². The van der Waals surface area contributed by atoms with Gasteiger partial charge in [-0.05, 0) is 91.0 Å². The summed E-state index contributed by atoms with van der Waals surface area (Å²) in [6, 6.07) is 72.6. The molecular weight excluding hydrogens is 721 g/mol. The molecule has 0 saturated heterocycles. The van der Waals surface area contributed by atoms with E-state index in [2.05, 4.69) is 199 Å². The molecule has 0 saturated carbocycles. The van der Waals surface area contributed by atoms with Gasteiger partial charge in [0.25, 0.3) is 0 Å². The van der Waals surface area contributed by atoms with E-state index in [-0.39, 0.29) is 0 Å². The van der Waals surface area contributed by atoms with Crippen LogP contribution in [-0.2, 0) is 5.75 Å². The van der Waals surface area contributed by atoms with Crippen molar-refractivity contribution in [1.29, 1.82) is 0 Å². The lowest BCUT2D eigenvalue weighted by Crippen LogP contribution is -2.74. The van der Waals surface area contributed by atoms with Gasteiger partial charge in [-0.25, -0.2) is 4.98 Å². The molecule has 5 heteroatoms. The first-order valence-electron chi connectivity index (χ1n) is 18.7. The second-order valence-corrected chi connectivity index (χ2v) is 20.1. The van der Waals surface area contributed by atoms with E-state index in [9.17, 15) is 0 Å². The Morgan fingerprint density at radius 2 is 1.04 bits per heavy atom. The van der Waals surface area contributed by atoms with Gasteiger partial charge in [-0.1, -0.05) is 163 Å². The maximum Gasteiger partial charge on any atom is 0.179 e. The molecule has 260 valence electrons. The highest BCUT2D eigenvalue weighted by atomic mass is 32.2. The highest BCUT2D eigenvalue weighted by Gasteiger charge is 2.41. The van der Waals surface area contributed by atoms with Gasteiger partial charge in [-0.3, -0.25) is 4.57 Å². The topological polar surface area (TPSA) is 17.8 Å². The number of thiophene rings is 1. The molecule has 0 fully saturated rings. The van der Waals surface area contributed by atoms with Gasteiger partial charge in [0, 0.05) is 25.9 Å². The number of thioether (sulfide) groups is 1. The van der Waals surface area contributed by atoms with Crippen LogP contribution in [0.15, 0.2) is 199 Å². The normalized spacial score (nSPS) is 12.6. The lowest BCUT2D eigenvalue weighted by molar-refractivity contribution is 0.895. The molecule has 2 aromatic heterocycles. The minimum Gasteiger partial charge on any atom is -0.287 e. The summed E-state index contributed by atoms with van der Waals surface area (Å²) in [5.74, 6) is 0.901. The van der Waals surface area contributed by atoms with Gasteiger partial charge in [-0.2, -0.15) is 0 Å². The monoisotopic (exact) mass is 754 g/mol. The summed E-state index contributed by atoms with van der Waals surface area (Å²) in [6.45, 7) is 0. The molecule has 11 rings (SSSR count). The minimum atomic E-state index is -2.82. The Bertz CT molecular complexity index is 3020. The lowest BCUT2D eigenvalue weighted by atomic mass is 10.0. The van der Waals surface area contributed by atoms with Crippen molar-refractivity contribution in [2.24, 2.45) is 0 Å². The zero-order valence-electron chi connectivity index (χ0n) is 29.9. The fraction of sp³-hybridized carbons (Fsp3) is 0.0200. The van der Waals surface area contributed by atoms with Gasteiger partial charge in [0.2, 0.25) is 0 Å². The largest absolute Gasteiger partial charge is 0.287 e. The number of nitrogens with zero attached hydrogens (tertiary/aromatic N) is 2. The molecule has 0 atom stereocenters. The molecule has 2 nitrogen and oxygen atoms in total. The zero-order chi connectivity index (χ0) is 36.3. The van der Waals surface area contributed by atoms with Crippen LogP contribution in [0.2, 0.25) is 0 Å². The van der Waals surface area contributed by atoms with Crippen molar-refractivity contribution >= 4 is 83.1 Å². The standard InChI is InChI=1S/C50H34N2S2Si/c1-3-15-39(16-4-1)55(40-17-5-2-6-18-40,42-20-12-14-35(31-42)37-26-28-49-44(32-37)43-21-7-10-24-48(43)54-49)41-19-11-13-34(30-41)36-25-27-46-38(29-36)33-53-50-51-45-22-8-9-23-47(45)52(46)50/h1-32H,33H2. The van der Waals surface area contributed by atoms with Crippen molar-refractivity contribution in [2.45, 2.75) is 10.9 Å². The molecule has 0 radical (unpaired) electrons. The Labute approximate surface area is 329 Å². The van der Waals surface area contributed by atoms with E-state index >= 15 is 0 Å². The molecule has 55 heavy (non-hydrogen) atoms. The number of aromatic nitrogens is 2. The third kappa shape index (κ3) is 5.26. The van der Waals surface area contributed by atoms with Gasteiger partial charge in [-0.15, -0.1) is 11.3 Å². The van der Waals surface area contributed by atoms with Crippen LogP contribution in [0.5, 0.6) is 0 Å². The Hall–Kier alpha value is -5.98. The van der Waals surface area contributed by atoms with Crippen molar-refractivity contribution in [3.63, 3.8) is 0 Å². The average Bonchev–Trinajstić information content (AvgIpc) is 3.83. The fourth-order valence-electron chi connectivity index (χ4n) is 8.72. The molecule has 0 unspecified atom stereocenters. The average molecular weight is 755 g/mol. The minimum absolute atomic E-state index is 0.901. The van der Waals surface area contributed by atoms with Crippen LogP contribution in [0, 0.1) is 0 Å². The molecule has 3 heterocycles. The highest BCUT2D eigenvalue weighted by molar-refractivity contribution is 7.98. The number of fused-ring (bicyclic) bond motifs is 8. The summed E-state index contributed by atoms with van der Waals surface area (Å²) >= 11 is 3.69. The molecule has 1 aliphatic rings. The number of benzene rings is 8. The maximum absolute atomic E-state index is 4.94. The summed E-state index contributed by atoms with van der Waals surface area (Å²) < 4.78 is 4.99. The van der Waals surface area contributed by atoms with Crippen LogP contribution in [0.1, 0.15) is 5.56 Å². The van der Waals surface area contributed by atoms with E-state index in [1.54, 1.807) is 0 Å². The van der Waals surface area contributed by atoms with E-state index < -0.39 is 8.07 Å². The molecule has 1 aliphatic heterocycles. The summed E-state index contributed by atoms with van der Waals surface area (Å²) in [5.41, 5.74) is 9.73. The number of hydrogen-bond donors (Lipinski definition) is 0. The fourth-order valence-corrected chi connectivity index (χ4v) is 15.6. The first-order valence-corrected chi connectivity index (χ1v) is 22.5. The Balaban J connectivity index is 1.09. The first kappa shape index (κ1) is 32.4. The van der Waals surface area contributed by atoms with Gasteiger partial charge < -0.3 is 0 Å². The molecule has 8 aromatic carbocycles. The number of rotatable bonds is 6. The smallest absolute Gasteiger partial charge is 0.179 e. The summed E-state index contributed by atoms with van der Waals surface area (Å²) in [6.07, 6.45) is 0. The van der Waals surface area contributed by atoms with Crippen molar-refractivity contribution in [3.8, 4) is 27.9 Å². The number of para-hydroxylation sites is 2. The maximum atomic E-state index is 4.94. The van der Waals surface area contributed by atoms with Crippen LogP contribution in [0.3, 0.4) is 0 Å². The van der Waals surface area contributed by atoms with Crippen LogP contribution < -0.4 is 20.7 Å². The second kappa shape index (κ2) is 13.1. The van der Waals surface area contributed by atoms with Crippen molar-refractivity contribution in [2.75, 3.05) is 0 Å². The molecule has 0 N–H and O–H groups in total. The highest BCUT2D eigenvalue weighted by Crippen LogP contribution is 2.39. The lowest BCUT2D eigenvalue weighted by Gasteiger charge is -2.35. The summed E-state index contributed by atoms with van der Waals surface area (Å²) in [5, 5.41) is 9.20. The Morgan fingerprint density at radius 1 is 0.455 bits per heavy atom. The van der Waals surface area contributed by atoms with E-state index in [4.69, 9.17) is 4.98 Å². The number of imidazole rings is 1. The predicted molar refractivity (Wildman–Crippen MR) is 238 cm³/mol. The van der Waals surface area contributed by atoms with E-state index in [1.807, 2.05) is 23.1 Å². The Kier molecular flexibility index (Phi) is 7.73. The first-order chi connectivity index (χ1) is 27.2. The van der Waals surface area contributed by atoms with E-state index in [1.165, 1.54) is 74.4 Å². The second-order valence-electron chi connectivity index (χ2n) is 14.3. The van der Waals surface area contributed by atoms with Crippen LogP contribution in [0.25, 0.3) is 59.1 Å². The van der Waals surface area contributed by atoms with Gasteiger partial charge in [0.05, 0.1) is 16.7 Å². The third-order valence-electron chi connectivity index (χ3n) is 11.3. The molecule has 0 amide bonds. The molecule has 0 spiro atoms.